The average Bonchev–Trinajstić information content (AvgIpc) is 2.31. The summed E-state index contributed by atoms with van der Waals surface area (Å²) in [5.41, 5.74) is 0. The van der Waals surface area contributed by atoms with Crippen molar-refractivity contribution < 1.29 is 9.53 Å². The summed E-state index contributed by atoms with van der Waals surface area (Å²) in [5.74, 6) is 0.697. The van der Waals surface area contributed by atoms with Crippen LogP contribution >= 0.6 is 0 Å². The number of ether oxygens (including phenoxy) is 1. The van der Waals surface area contributed by atoms with Gasteiger partial charge in [-0.15, -0.1) is 0 Å². The van der Waals surface area contributed by atoms with Gasteiger partial charge in [0.15, 0.2) is 0 Å². The number of likely N-dealkylation sites (N-methyl/N-ethyl adjacent to an activating group) is 1. The van der Waals surface area contributed by atoms with Crippen molar-refractivity contribution in [3.8, 4) is 0 Å². The Labute approximate surface area is 103 Å². The van der Waals surface area contributed by atoms with Gasteiger partial charge in [0.05, 0.1) is 12.7 Å². The van der Waals surface area contributed by atoms with Gasteiger partial charge in [0, 0.05) is 26.1 Å². The van der Waals surface area contributed by atoms with E-state index in [2.05, 4.69) is 22.5 Å². The molecule has 98 valence electrons. The Balaban J connectivity index is 1.61. The van der Waals surface area contributed by atoms with Crippen LogP contribution in [-0.2, 0) is 9.53 Å². The Morgan fingerprint density at radius 3 is 3.00 bits per heavy atom. The van der Waals surface area contributed by atoms with E-state index in [9.17, 15) is 4.79 Å². The molecule has 5 nitrogen and oxygen atoms in total. The minimum Gasteiger partial charge on any atom is -0.374 e. The molecule has 0 saturated carbocycles. The first-order chi connectivity index (χ1) is 8.28. The standard InChI is InChI=1S/C12H23N3O2/c1-2-15-3-4-17-11(9-15)8-14-12(16)5-10-6-13-7-10/h10-11,13H,2-9H2,1H3,(H,14,16). The monoisotopic (exact) mass is 241 g/mol. The maximum atomic E-state index is 11.6. The zero-order chi connectivity index (χ0) is 12.1. The Kier molecular flexibility index (Phi) is 4.76. The zero-order valence-corrected chi connectivity index (χ0v) is 10.6. The Hall–Kier alpha value is -0.650. The largest absolute Gasteiger partial charge is 0.374 e. The number of hydrogen-bond donors (Lipinski definition) is 2. The lowest BCUT2D eigenvalue weighted by Gasteiger charge is -2.32. The van der Waals surface area contributed by atoms with E-state index in [1.54, 1.807) is 0 Å². The predicted octanol–water partition coefficient (Wildman–Crippen LogP) is -0.567. The Bertz CT molecular complexity index is 256. The maximum Gasteiger partial charge on any atom is 0.220 e. The lowest BCUT2D eigenvalue weighted by atomic mass is 9.99. The topological polar surface area (TPSA) is 53.6 Å². The van der Waals surface area contributed by atoms with E-state index in [4.69, 9.17) is 4.74 Å². The molecule has 0 aliphatic carbocycles. The summed E-state index contributed by atoms with van der Waals surface area (Å²) in [6.07, 6.45) is 0.809. The van der Waals surface area contributed by atoms with Gasteiger partial charge < -0.3 is 15.4 Å². The zero-order valence-electron chi connectivity index (χ0n) is 10.6. The molecule has 0 spiro atoms. The molecule has 0 aromatic carbocycles. The average molecular weight is 241 g/mol. The summed E-state index contributed by atoms with van der Waals surface area (Å²) in [5, 5.41) is 6.15. The van der Waals surface area contributed by atoms with Gasteiger partial charge in [-0.1, -0.05) is 6.92 Å². The van der Waals surface area contributed by atoms with Crippen molar-refractivity contribution in [1.82, 2.24) is 15.5 Å². The molecule has 2 N–H and O–H groups in total. The lowest BCUT2D eigenvalue weighted by molar-refractivity contribution is -0.123. The van der Waals surface area contributed by atoms with E-state index >= 15 is 0 Å². The molecule has 1 amide bonds. The molecule has 2 aliphatic heterocycles. The fraction of sp³-hybridized carbons (Fsp3) is 0.917. The molecule has 0 aromatic heterocycles. The second-order valence-corrected chi connectivity index (χ2v) is 4.92. The highest BCUT2D eigenvalue weighted by molar-refractivity contribution is 5.76. The number of hydrogen-bond acceptors (Lipinski definition) is 4. The molecule has 2 aliphatic rings. The molecule has 0 radical (unpaired) electrons. The summed E-state index contributed by atoms with van der Waals surface area (Å²) in [6.45, 7) is 8.55. The second kappa shape index (κ2) is 6.33. The van der Waals surface area contributed by atoms with E-state index in [-0.39, 0.29) is 12.0 Å². The van der Waals surface area contributed by atoms with Crippen molar-refractivity contribution in [3.63, 3.8) is 0 Å². The lowest BCUT2D eigenvalue weighted by Crippen LogP contribution is -2.48. The molecule has 1 atom stereocenters. The van der Waals surface area contributed by atoms with Gasteiger partial charge in [-0.2, -0.15) is 0 Å². The van der Waals surface area contributed by atoms with Crippen LogP contribution < -0.4 is 10.6 Å². The third-order valence-electron chi connectivity index (χ3n) is 3.54. The van der Waals surface area contributed by atoms with Gasteiger partial charge in [-0.3, -0.25) is 9.69 Å². The molecule has 5 heteroatoms. The molecular formula is C12H23N3O2. The number of morpholine rings is 1. The van der Waals surface area contributed by atoms with Crippen LogP contribution in [0.4, 0.5) is 0 Å². The molecule has 1 unspecified atom stereocenters. The number of nitrogens with one attached hydrogen (secondary N) is 2. The van der Waals surface area contributed by atoms with Crippen molar-refractivity contribution >= 4 is 5.91 Å². The van der Waals surface area contributed by atoms with Gasteiger partial charge in [0.1, 0.15) is 0 Å². The smallest absolute Gasteiger partial charge is 0.220 e. The van der Waals surface area contributed by atoms with Gasteiger partial charge >= 0.3 is 0 Å². The van der Waals surface area contributed by atoms with Crippen LogP contribution in [-0.4, -0.2) is 62.8 Å². The molecule has 2 fully saturated rings. The summed E-state index contributed by atoms with van der Waals surface area (Å²) in [6, 6.07) is 0. The van der Waals surface area contributed by atoms with Crippen LogP contribution in [0, 0.1) is 5.92 Å². The maximum absolute atomic E-state index is 11.6. The summed E-state index contributed by atoms with van der Waals surface area (Å²) in [4.78, 5) is 14.0. The third kappa shape index (κ3) is 3.94. The SMILES string of the molecule is CCN1CCOC(CNC(=O)CC2CNC2)C1. The van der Waals surface area contributed by atoms with Crippen LogP contribution in [0.2, 0.25) is 0 Å². The first-order valence-corrected chi connectivity index (χ1v) is 6.59. The molecule has 0 aromatic rings. The summed E-state index contributed by atoms with van der Waals surface area (Å²) < 4.78 is 5.64. The predicted molar refractivity (Wildman–Crippen MR) is 65.8 cm³/mol. The van der Waals surface area contributed by atoms with Crippen LogP contribution in [0.3, 0.4) is 0 Å². The molecule has 0 bridgehead atoms. The van der Waals surface area contributed by atoms with Crippen molar-refractivity contribution in [2.75, 3.05) is 45.9 Å². The normalized spacial score (nSPS) is 26.5. The first-order valence-electron chi connectivity index (χ1n) is 6.59. The van der Waals surface area contributed by atoms with Crippen molar-refractivity contribution in [2.45, 2.75) is 19.4 Å². The van der Waals surface area contributed by atoms with Crippen molar-refractivity contribution in [2.24, 2.45) is 5.92 Å². The summed E-state index contributed by atoms with van der Waals surface area (Å²) >= 11 is 0. The highest BCUT2D eigenvalue weighted by Crippen LogP contribution is 2.08. The fourth-order valence-corrected chi connectivity index (χ4v) is 2.25. The third-order valence-corrected chi connectivity index (χ3v) is 3.54. The first kappa shape index (κ1) is 12.8. The highest BCUT2D eigenvalue weighted by atomic mass is 16.5. The minimum atomic E-state index is 0.159. The molecule has 2 saturated heterocycles. The number of carbonyl (C=O) groups excluding carboxylic acids is 1. The number of rotatable bonds is 5. The van der Waals surface area contributed by atoms with E-state index in [0.717, 1.165) is 39.3 Å². The van der Waals surface area contributed by atoms with Crippen LogP contribution in [0.5, 0.6) is 0 Å². The van der Waals surface area contributed by atoms with E-state index in [1.165, 1.54) is 0 Å². The number of amides is 1. The Morgan fingerprint density at radius 2 is 2.35 bits per heavy atom. The van der Waals surface area contributed by atoms with Gasteiger partial charge in [0.25, 0.3) is 0 Å². The van der Waals surface area contributed by atoms with Gasteiger partial charge in [0.2, 0.25) is 5.91 Å². The molecule has 2 heterocycles. The number of nitrogens with zero attached hydrogens (tertiary/aromatic N) is 1. The van der Waals surface area contributed by atoms with E-state index in [1.807, 2.05) is 0 Å². The second-order valence-electron chi connectivity index (χ2n) is 4.92. The van der Waals surface area contributed by atoms with Crippen molar-refractivity contribution in [3.05, 3.63) is 0 Å². The van der Waals surface area contributed by atoms with Gasteiger partial charge in [-0.25, -0.2) is 0 Å². The fourth-order valence-electron chi connectivity index (χ4n) is 2.25. The van der Waals surface area contributed by atoms with Crippen LogP contribution in [0.25, 0.3) is 0 Å². The summed E-state index contributed by atoms with van der Waals surface area (Å²) in [7, 11) is 0. The van der Waals surface area contributed by atoms with E-state index < -0.39 is 0 Å². The van der Waals surface area contributed by atoms with Crippen molar-refractivity contribution in [1.29, 1.82) is 0 Å². The number of carbonyl (C=O) groups is 1. The van der Waals surface area contributed by atoms with E-state index in [0.29, 0.717) is 18.9 Å². The quantitative estimate of drug-likeness (QED) is 0.677. The molecular weight excluding hydrogens is 218 g/mol. The van der Waals surface area contributed by atoms with Crippen LogP contribution in [0.15, 0.2) is 0 Å². The van der Waals surface area contributed by atoms with Gasteiger partial charge in [-0.05, 0) is 25.6 Å². The Morgan fingerprint density at radius 1 is 1.53 bits per heavy atom. The minimum absolute atomic E-state index is 0.159. The highest BCUT2D eigenvalue weighted by Gasteiger charge is 2.22. The van der Waals surface area contributed by atoms with Crippen LogP contribution in [0.1, 0.15) is 13.3 Å². The molecule has 17 heavy (non-hydrogen) atoms. The molecule has 2 rings (SSSR count).